The molecule has 3 aliphatic rings. The number of likely N-dealkylation sites (N-methyl/N-ethyl adjacent to an activating group) is 1. The van der Waals surface area contributed by atoms with Crippen LogP contribution in [0.1, 0.15) is 31.0 Å². The monoisotopic (exact) mass is 508 g/mol. The summed E-state index contributed by atoms with van der Waals surface area (Å²) in [5, 5.41) is 1.58. The molecule has 1 atom stereocenters. The molecule has 10 heteroatoms. The maximum atomic E-state index is 6.90. The number of pyridine rings is 1. The van der Waals surface area contributed by atoms with E-state index in [0.717, 1.165) is 96.2 Å². The van der Waals surface area contributed by atoms with Crippen molar-refractivity contribution in [2.75, 3.05) is 51.2 Å². The number of allylic oxidation sites excluding steroid dienone is 1. The molecule has 182 valence electrons. The predicted molar refractivity (Wildman–Crippen MR) is 140 cm³/mol. The Morgan fingerprint density at radius 3 is 2.71 bits per heavy atom. The summed E-state index contributed by atoms with van der Waals surface area (Å²) in [6.07, 6.45) is 8.04. The number of rotatable bonds is 5. The van der Waals surface area contributed by atoms with Gasteiger partial charge in [0, 0.05) is 75.2 Å². The Bertz CT molecular complexity index is 1290. The maximum Gasteiger partial charge on any atom is 0.194 e. The minimum Gasteiger partial charge on any atom is -0.354 e. The lowest BCUT2D eigenvalue weighted by Crippen LogP contribution is -2.49. The first-order chi connectivity index (χ1) is 17.1. The molecule has 2 saturated heterocycles. The molecule has 0 saturated carbocycles. The van der Waals surface area contributed by atoms with Crippen LogP contribution in [0.5, 0.6) is 0 Å². The first-order valence-corrected chi connectivity index (χ1v) is 13.5. The Balaban J connectivity index is 1.30. The maximum absolute atomic E-state index is 6.90. The zero-order valence-electron chi connectivity index (χ0n) is 20.1. The zero-order chi connectivity index (χ0) is 23.9. The van der Waals surface area contributed by atoms with Gasteiger partial charge in [0.2, 0.25) is 0 Å². The Kier molecular flexibility index (Phi) is 6.34. The molecule has 1 aliphatic carbocycles. The second-order valence-corrected chi connectivity index (χ2v) is 10.9. The lowest BCUT2D eigenvalue weighted by Gasteiger charge is -2.36. The van der Waals surface area contributed by atoms with Gasteiger partial charge in [0.15, 0.2) is 10.8 Å². The van der Waals surface area contributed by atoms with Crippen LogP contribution in [0.2, 0.25) is 0 Å². The van der Waals surface area contributed by atoms with Gasteiger partial charge in [0.25, 0.3) is 0 Å². The van der Waals surface area contributed by atoms with Gasteiger partial charge < -0.3 is 9.80 Å². The molecule has 0 aromatic carbocycles. The fourth-order valence-electron chi connectivity index (χ4n) is 5.26. The molecule has 0 radical (unpaired) electrons. The van der Waals surface area contributed by atoms with Gasteiger partial charge in [0.1, 0.15) is 11.3 Å². The van der Waals surface area contributed by atoms with Crippen molar-refractivity contribution >= 4 is 45.4 Å². The summed E-state index contributed by atoms with van der Waals surface area (Å²) in [5.74, 6) is 0.983. The highest BCUT2D eigenvalue weighted by molar-refractivity contribution is 7.99. The minimum absolute atomic E-state index is 0.559. The predicted octanol–water partition coefficient (Wildman–Crippen LogP) is 3.71. The van der Waals surface area contributed by atoms with E-state index >= 15 is 0 Å². The molecule has 2 aliphatic heterocycles. The van der Waals surface area contributed by atoms with Crippen LogP contribution >= 0.6 is 23.4 Å². The lowest BCUT2D eigenvalue weighted by molar-refractivity contribution is 0.120. The zero-order valence-corrected chi connectivity index (χ0v) is 21.7. The molecule has 2 fully saturated rings. The van der Waals surface area contributed by atoms with Crippen molar-refractivity contribution in [2.24, 2.45) is 0 Å². The molecule has 0 bridgehead atoms. The average molecular weight is 509 g/mol. The van der Waals surface area contributed by atoms with E-state index in [0.29, 0.717) is 11.7 Å². The van der Waals surface area contributed by atoms with Crippen LogP contribution < -0.4 is 4.90 Å². The van der Waals surface area contributed by atoms with Crippen molar-refractivity contribution in [1.82, 2.24) is 34.7 Å². The molecule has 5 heterocycles. The first-order valence-electron chi connectivity index (χ1n) is 12.3. The summed E-state index contributed by atoms with van der Waals surface area (Å²) < 4.78 is 0. The molecule has 35 heavy (non-hydrogen) atoms. The van der Waals surface area contributed by atoms with Crippen LogP contribution in [0, 0.1) is 0 Å². The molecule has 3 aromatic heterocycles. The van der Waals surface area contributed by atoms with E-state index < -0.39 is 0 Å². The van der Waals surface area contributed by atoms with Crippen molar-refractivity contribution in [2.45, 2.75) is 42.3 Å². The number of halogens is 1. The van der Waals surface area contributed by atoms with Crippen LogP contribution in [-0.4, -0.2) is 87.1 Å². The van der Waals surface area contributed by atoms with Crippen LogP contribution in [0.3, 0.4) is 0 Å². The van der Waals surface area contributed by atoms with E-state index in [1.807, 2.05) is 12.3 Å². The van der Waals surface area contributed by atoms with Gasteiger partial charge in [-0.05, 0) is 43.3 Å². The third-order valence-electron chi connectivity index (χ3n) is 7.31. The number of aromatic nitrogens is 5. The molecule has 0 spiro atoms. The fourth-order valence-corrected chi connectivity index (χ4v) is 6.42. The van der Waals surface area contributed by atoms with E-state index in [1.54, 1.807) is 12.4 Å². The van der Waals surface area contributed by atoms with Crippen LogP contribution in [-0.2, 0) is 6.42 Å². The fraction of sp³-hybridized carbons (Fsp3) is 0.480. The van der Waals surface area contributed by atoms with E-state index in [9.17, 15) is 0 Å². The van der Waals surface area contributed by atoms with Gasteiger partial charge in [-0.3, -0.25) is 9.88 Å². The second-order valence-electron chi connectivity index (χ2n) is 9.50. The van der Waals surface area contributed by atoms with E-state index in [4.69, 9.17) is 21.6 Å². The van der Waals surface area contributed by atoms with Crippen LogP contribution in [0.15, 0.2) is 40.3 Å². The van der Waals surface area contributed by atoms with Gasteiger partial charge in [-0.2, -0.15) is 0 Å². The summed E-state index contributed by atoms with van der Waals surface area (Å²) in [4.78, 5) is 31.6. The average Bonchev–Trinajstić information content (AvgIpc) is 3.49. The molecule has 0 amide bonds. The highest BCUT2D eigenvalue weighted by Crippen LogP contribution is 2.43. The van der Waals surface area contributed by atoms with Crippen molar-refractivity contribution in [3.8, 4) is 0 Å². The van der Waals surface area contributed by atoms with E-state index in [1.165, 1.54) is 17.3 Å². The van der Waals surface area contributed by atoms with Crippen molar-refractivity contribution in [3.63, 3.8) is 0 Å². The standard InChI is InChI=1S/C25H29ClN8S/c1-3-16-12-19-21(22(16)26)24(34-7-4-17(15-34)33-10-8-32(2)9-11-33)31-25(30-19)35-18-13-20-23(29-14-18)28-6-5-27-20/h5-6,13-14,17H,3-4,7-12,15H2,1-2H3. The SMILES string of the molecule is CCC1=C(Cl)c2c(nc(Sc3cnc4nccnc4c3)nc2N2CCC(N3CCN(C)CC3)C2)C1. The Morgan fingerprint density at radius 2 is 1.89 bits per heavy atom. The van der Waals surface area contributed by atoms with Crippen molar-refractivity contribution in [3.05, 3.63) is 41.5 Å². The normalized spacial score (nSPS) is 21.3. The Labute approximate surface area is 214 Å². The lowest BCUT2D eigenvalue weighted by atomic mass is 10.2. The largest absolute Gasteiger partial charge is 0.354 e. The number of nitrogens with zero attached hydrogens (tertiary/aromatic N) is 8. The quantitative estimate of drug-likeness (QED) is 0.479. The van der Waals surface area contributed by atoms with Crippen LogP contribution in [0.4, 0.5) is 5.82 Å². The Morgan fingerprint density at radius 1 is 1.06 bits per heavy atom. The summed E-state index contributed by atoms with van der Waals surface area (Å²) in [6.45, 7) is 8.68. The van der Waals surface area contributed by atoms with Crippen molar-refractivity contribution in [1.29, 1.82) is 0 Å². The summed E-state index contributed by atoms with van der Waals surface area (Å²) >= 11 is 8.42. The van der Waals surface area contributed by atoms with Gasteiger partial charge in [-0.15, -0.1) is 0 Å². The number of piperazine rings is 1. The first kappa shape index (κ1) is 23.1. The summed E-state index contributed by atoms with van der Waals surface area (Å²) in [7, 11) is 2.21. The van der Waals surface area contributed by atoms with E-state index in [-0.39, 0.29) is 0 Å². The highest BCUT2D eigenvalue weighted by Gasteiger charge is 2.34. The number of hydrogen-bond donors (Lipinski definition) is 0. The highest BCUT2D eigenvalue weighted by atomic mass is 35.5. The summed E-state index contributed by atoms with van der Waals surface area (Å²) in [5.41, 5.74) is 4.73. The van der Waals surface area contributed by atoms with E-state index in [2.05, 4.69) is 43.6 Å². The number of anilines is 1. The Hall–Kier alpha value is -2.33. The number of fused-ring (bicyclic) bond motifs is 2. The van der Waals surface area contributed by atoms with Crippen LogP contribution in [0.25, 0.3) is 16.2 Å². The number of hydrogen-bond acceptors (Lipinski definition) is 9. The third-order valence-corrected chi connectivity index (χ3v) is 8.59. The smallest absolute Gasteiger partial charge is 0.194 e. The van der Waals surface area contributed by atoms with Gasteiger partial charge in [0.05, 0.1) is 16.3 Å². The summed E-state index contributed by atoms with van der Waals surface area (Å²) in [6, 6.07) is 2.56. The molecule has 8 nitrogen and oxygen atoms in total. The second kappa shape index (κ2) is 9.61. The molecular weight excluding hydrogens is 480 g/mol. The van der Waals surface area contributed by atoms with Gasteiger partial charge in [-0.25, -0.2) is 19.9 Å². The molecule has 1 unspecified atom stereocenters. The molecule has 6 rings (SSSR count). The van der Waals surface area contributed by atoms with Crippen molar-refractivity contribution < 1.29 is 0 Å². The molecule has 0 N–H and O–H groups in total. The molecular formula is C25H29ClN8S. The minimum atomic E-state index is 0.559. The molecule has 3 aromatic rings. The van der Waals surface area contributed by atoms with Gasteiger partial charge in [-0.1, -0.05) is 18.5 Å². The third kappa shape index (κ3) is 4.50. The van der Waals surface area contributed by atoms with Gasteiger partial charge >= 0.3 is 0 Å². The topological polar surface area (TPSA) is 74.2 Å².